The summed E-state index contributed by atoms with van der Waals surface area (Å²) in [5.74, 6) is -0.181. The first-order valence-corrected chi connectivity index (χ1v) is 7.31. The average molecular weight is 293 g/mol. The van der Waals surface area contributed by atoms with Gasteiger partial charge in [-0.2, -0.15) is 0 Å². The number of nitrogens with one attached hydrogen (secondary N) is 1. The van der Waals surface area contributed by atoms with Crippen LogP contribution < -0.4 is 11.1 Å². The highest BCUT2D eigenvalue weighted by Gasteiger charge is 2.19. The molecule has 1 unspecified atom stereocenters. The van der Waals surface area contributed by atoms with Crippen molar-refractivity contribution in [2.45, 2.75) is 20.8 Å². The Balaban J connectivity index is 2.33. The van der Waals surface area contributed by atoms with Crippen LogP contribution >= 0.6 is 11.3 Å². The van der Waals surface area contributed by atoms with Gasteiger partial charge in [0.15, 0.2) is 0 Å². The Morgan fingerprint density at radius 2 is 2.25 bits per heavy atom. The molecule has 5 nitrogen and oxygen atoms in total. The lowest BCUT2D eigenvalue weighted by atomic mass is 10.1. The Hall–Kier alpha value is -1.66. The molecule has 1 amide bonds. The SMILES string of the molecule is Cc1cc(C)c2c(N)c(C(=O)NCC(C)CO)sc2n1. The number of nitrogens with two attached hydrogens (primary N) is 1. The molecule has 0 saturated carbocycles. The van der Waals surface area contributed by atoms with Crippen molar-refractivity contribution in [3.05, 3.63) is 22.2 Å². The zero-order chi connectivity index (χ0) is 14.9. The lowest BCUT2D eigenvalue weighted by Gasteiger charge is -2.08. The van der Waals surface area contributed by atoms with Crippen molar-refractivity contribution in [1.82, 2.24) is 10.3 Å². The summed E-state index contributed by atoms with van der Waals surface area (Å²) >= 11 is 1.31. The van der Waals surface area contributed by atoms with Crippen molar-refractivity contribution < 1.29 is 9.90 Å². The first-order chi connectivity index (χ1) is 9.43. The fraction of sp³-hybridized carbons (Fsp3) is 0.429. The van der Waals surface area contributed by atoms with Crippen LogP contribution in [0.15, 0.2) is 6.07 Å². The van der Waals surface area contributed by atoms with E-state index >= 15 is 0 Å². The number of aliphatic hydroxyl groups is 1. The summed E-state index contributed by atoms with van der Waals surface area (Å²) < 4.78 is 0. The summed E-state index contributed by atoms with van der Waals surface area (Å²) in [6.45, 7) is 6.22. The van der Waals surface area contributed by atoms with Crippen LogP contribution in [0, 0.1) is 19.8 Å². The number of pyridine rings is 1. The molecule has 2 rings (SSSR count). The molecule has 1 atom stereocenters. The van der Waals surface area contributed by atoms with E-state index in [1.807, 2.05) is 26.8 Å². The maximum atomic E-state index is 12.2. The summed E-state index contributed by atoms with van der Waals surface area (Å²) in [7, 11) is 0. The van der Waals surface area contributed by atoms with E-state index in [9.17, 15) is 4.79 Å². The molecule has 4 N–H and O–H groups in total. The van der Waals surface area contributed by atoms with Gasteiger partial charge in [-0.05, 0) is 31.4 Å². The largest absolute Gasteiger partial charge is 0.397 e. The normalized spacial score (nSPS) is 12.6. The highest BCUT2D eigenvalue weighted by molar-refractivity contribution is 7.21. The topological polar surface area (TPSA) is 88.2 Å². The Labute approximate surface area is 121 Å². The monoisotopic (exact) mass is 293 g/mol. The van der Waals surface area contributed by atoms with Crippen molar-refractivity contribution >= 4 is 33.1 Å². The van der Waals surface area contributed by atoms with Gasteiger partial charge in [-0.15, -0.1) is 11.3 Å². The van der Waals surface area contributed by atoms with E-state index in [-0.39, 0.29) is 18.4 Å². The molecule has 0 aromatic carbocycles. The third-order valence-corrected chi connectivity index (χ3v) is 4.25. The first-order valence-electron chi connectivity index (χ1n) is 6.49. The number of aromatic nitrogens is 1. The van der Waals surface area contributed by atoms with Crippen LogP contribution in [-0.4, -0.2) is 29.1 Å². The molecule has 2 heterocycles. The molecular formula is C14H19N3O2S. The van der Waals surface area contributed by atoms with E-state index in [0.717, 1.165) is 21.5 Å². The minimum atomic E-state index is -0.206. The van der Waals surface area contributed by atoms with Gasteiger partial charge in [0.05, 0.1) is 5.69 Å². The molecule has 20 heavy (non-hydrogen) atoms. The zero-order valence-electron chi connectivity index (χ0n) is 11.9. The van der Waals surface area contributed by atoms with Crippen molar-refractivity contribution in [1.29, 1.82) is 0 Å². The Bertz CT molecular complexity index is 651. The number of nitrogens with zero attached hydrogens (tertiary/aromatic N) is 1. The van der Waals surface area contributed by atoms with Crippen LogP contribution in [0.2, 0.25) is 0 Å². The van der Waals surface area contributed by atoms with Gasteiger partial charge in [-0.25, -0.2) is 4.98 Å². The van der Waals surface area contributed by atoms with E-state index in [1.165, 1.54) is 11.3 Å². The second-order valence-corrected chi connectivity index (χ2v) is 6.10. The van der Waals surface area contributed by atoms with Crippen molar-refractivity contribution in [2.75, 3.05) is 18.9 Å². The van der Waals surface area contributed by atoms with Gasteiger partial charge < -0.3 is 16.2 Å². The maximum absolute atomic E-state index is 12.2. The lowest BCUT2D eigenvalue weighted by Crippen LogP contribution is -2.29. The van der Waals surface area contributed by atoms with Gasteiger partial charge in [0, 0.05) is 24.2 Å². The van der Waals surface area contributed by atoms with E-state index in [4.69, 9.17) is 10.8 Å². The second kappa shape index (κ2) is 5.76. The summed E-state index contributed by atoms with van der Waals surface area (Å²) in [5.41, 5.74) is 8.53. The Kier molecular flexibility index (Phi) is 4.25. The molecule has 6 heteroatoms. The predicted molar refractivity (Wildman–Crippen MR) is 82.1 cm³/mol. The smallest absolute Gasteiger partial charge is 0.263 e. The van der Waals surface area contributed by atoms with Crippen LogP contribution in [0.5, 0.6) is 0 Å². The molecule has 2 aromatic rings. The quantitative estimate of drug-likeness (QED) is 0.802. The number of anilines is 1. The van der Waals surface area contributed by atoms with Gasteiger partial charge in [0.25, 0.3) is 5.91 Å². The molecule has 2 aromatic heterocycles. The van der Waals surface area contributed by atoms with Crippen molar-refractivity contribution in [3.63, 3.8) is 0 Å². The number of hydrogen-bond acceptors (Lipinski definition) is 5. The summed E-state index contributed by atoms with van der Waals surface area (Å²) in [6.07, 6.45) is 0. The predicted octanol–water partition coefficient (Wildman–Crippen LogP) is 1.85. The number of fused-ring (bicyclic) bond motifs is 1. The molecule has 0 saturated heterocycles. The van der Waals surface area contributed by atoms with Crippen molar-refractivity contribution in [2.24, 2.45) is 5.92 Å². The van der Waals surface area contributed by atoms with Gasteiger partial charge >= 0.3 is 0 Å². The molecule has 0 radical (unpaired) electrons. The maximum Gasteiger partial charge on any atom is 0.263 e. The first kappa shape index (κ1) is 14.7. The van der Waals surface area contributed by atoms with Crippen molar-refractivity contribution in [3.8, 4) is 0 Å². The molecule has 0 spiro atoms. The van der Waals surface area contributed by atoms with Crippen LogP contribution in [0.1, 0.15) is 27.9 Å². The number of aliphatic hydroxyl groups excluding tert-OH is 1. The second-order valence-electron chi connectivity index (χ2n) is 5.10. The summed E-state index contributed by atoms with van der Waals surface area (Å²) in [5, 5.41) is 12.6. The number of hydrogen-bond donors (Lipinski definition) is 3. The molecule has 0 bridgehead atoms. The van der Waals surface area contributed by atoms with Gasteiger partial charge in [-0.1, -0.05) is 6.92 Å². The molecule has 108 valence electrons. The number of nitrogen functional groups attached to an aromatic ring is 1. The molecule has 0 fully saturated rings. The summed E-state index contributed by atoms with van der Waals surface area (Å²) in [6, 6.07) is 1.96. The molecule has 0 aliphatic heterocycles. The third kappa shape index (κ3) is 2.76. The van der Waals surface area contributed by atoms with Crippen LogP contribution in [0.3, 0.4) is 0 Å². The van der Waals surface area contributed by atoms with E-state index in [0.29, 0.717) is 17.1 Å². The van der Waals surface area contributed by atoms with Crippen LogP contribution in [0.4, 0.5) is 5.69 Å². The molecule has 0 aliphatic rings. The Morgan fingerprint density at radius 3 is 2.90 bits per heavy atom. The molecular weight excluding hydrogens is 274 g/mol. The molecule has 0 aliphatic carbocycles. The number of carbonyl (C=O) groups excluding carboxylic acids is 1. The number of amides is 1. The average Bonchev–Trinajstić information content (AvgIpc) is 2.72. The van der Waals surface area contributed by atoms with E-state index in [2.05, 4.69) is 10.3 Å². The zero-order valence-corrected chi connectivity index (χ0v) is 12.7. The van der Waals surface area contributed by atoms with Crippen LogP contribution in [0.25, 0.3) is 10.2 Å². The highest BCUT2D eigenvalue weighted by Crippen LogP contribution is 2.34. The van der Waals surface area contributed by atoms with Gasteiger partial charge in [0.1, 0.15) is 9.71 Å². The lowest BCUT2D eigenvalue weighted by molar-refractivity contribution is 0.0947. The summed E-state index contributed by atoms with van der Waals surface area (Å²) in [4.78, 5) is 17.9. The number of aryl methyl sites for hydroxylation is 2. The van der Waals surface area contributed by atoms with E-state index in [1.54, 1.807) is 0 Å². The fourth-order valence-electron chi connectivity index (χ4n) is 2.05. The van der Waals surface area contributed by atoms with Gasteiger partial charge in [0.2, 0.25) is 0 Å². The third-order valence-electron chi connectivity index (χ3n) is 3.15. The minimum Gasteiger partial charge on any atom is -0.397 e. The van der Waals surface area contributed by atoms with Crippen LogP contribution in [-0.2, 0) is 0 Å². The standard InChI is InChI=1S/C14H19N3O2S/c1-7(6-18)5-16-13(19)12-11(15)10-8(2)4-9(3)17-14(10)20-12/h4,7,18H,5-6,15H2,1-3H3,(H,16,19). The minimum absolute atomic E-state index is 0.0247. The number of rotatable bonds is 4. The number of carbonyl (C=O) groups is 1. The van der Waals surface area contributed by atoms with E-state index < -0.39 is 0 Å². The van der Waals surface area contributed by atoms with Gasteiger partial charge in [-0.3, -0.25) is 4.79 Å². The Morgan fingerprint density at radius 1 is 1.55 bits per heavy atom. The fourth-order valence-corrected chi connectivity index (χ4v) is 3.18. The number of thiophene rings is 1. The highest BCUT2D eigenvalue weighted by atomic mass is 32.1.